The van der Waals surface area contributed by atoms with Crippen LogP contribution in [-0.4, -0.2) is 33.1 Å². The first-order valence-electron chi connectivity index (χ1n) is 9.31. The molecule has 0 unspecified atom stereocenters. The lowest BCUT2D eigenvalue weighted by atomic mass is 10.1. The van der Waals surface area contributed by atoms with E-state index in [0.717, 1.165) is 17.0 Å². The number of hydrogen-bond donors (Lipinski definition) is 0. The third-order valence-electron chi connectivity index (χ3n) is 4.77. The van der Waals surface area contributed by atoms with Crippen molar-refractivity contribution in [3.05, 3.63) is 72.2 Å². The minimum Gasteiger partial charge on any atom is -0.469 e. The Hall–Kier alpha value is -3.52. The Kier molecular flexibility index (Phi) is 4.76. The number of carbonyl (C=O) groups is 1. The van der Waals surface area contributed by atoms with Gasteiger partial charge in [-0.15, -0.1) is 10.2 Å². The fourth-order valence-electron chi connectivity index (χ4n) is 3.25. The molecule has 0 N–H and O–H groups in total. The fraction of sp³-hybridized carbons (Fsp3) is 0.136. The molecule has 8 heteroatoms. The molecule has 0 saturated carbocycles. The number of hydrogen-bond acceptors (Lipinski definition) is 7. The number of furan rings is 1. The summed E-state index contributed by atoms with van der Waals surface area (Å²) in [5.41, 5.74) is 2.35. The maximum Gasteiger partial charge on any atom is 0.231 e. The molecular formula is C22H17N3O4S. The monoisotopic (exact) mass is 419 g/mol. The second-order valence-corrected chi connectivity index (χ2v) is 7.59. The zero-order valence-corrected chi connectivity index (χ0v) is 16.9. The van der Waals surface area contributed by atoms with Gasteiger partial charge in [-0.05, 0) is 43.3 Å². The van der Waals surface area contributed by atoms with Crippen LogP contribution in [0.1, 0.15) is 16.1 Å². The van der Waals surface area contributed by atoms with E-state index in [1.54, 1.807) is 24.5 Å². The summed E-state index contributed by atoms with van der Waals surface area (Å²) in [5, 5.41) is 9.36. The van der Waals surface area contributed by atoms with Gasteiger partial charge >= 0.3 is 0 Å². The molecule has 0 spiro atoms. The summed E-state index contributed by atoms with van der Waals surface area (Å²) < 4.78 is 18.1. The molecule has 150 valence electrons. The summed E-state index contributed by atoms with van der Waals surface area (Å²) in [6, 6.07) is 16.9. The summed E-state index contributed by atoms with van der Waals surface area (Å²) in [7, 11) is 0. The first-order chi connectivity index (χ1) is 14.7. The van der Waals surface area contributed by atoms with Crippen LogP contribution in [0.3, 0.4) is 0 Å². The van der Waals surface area contributed by atoms with Gasteiger partial charge in [0.05, 0.1) is 17.6 Å². The summed E-state index contributed by atoms with van der Waals surface area (Å²) in [4.78, 5) is 12.8. The molecule has 0 saturated heterocycles. The maximum atomic E-state index is 12.8. The third kappa shape index (κ3) is 3.35. The quantitative estimate of drug-likeness (QED) is 0.335. The van der Waals surface area contributed by atoms with Gasteiger partial charge in [0.15, 0.2) is 28.3 Å². The van der Waals surface area contributed by atoms with Crippen molar-refractivity contribution < 1.29 is 18.7 Å². The van der Waals surface area contributed by atoms with Crippen molar-refractivity contribution in [3.63, 3.8) is 0 Å². The van der Waals surface area contributed by atoms with Crippen LogP contribution in [0.4, 0.5) is 0 Å². The fourth-order valence-corrected chi connectivity index (χ4v) is 4.09. The van der Waals surface area contributed by atoms with Crippen LogP contribution < -0.4 is 9.47 Å². The highest BCUT2D eigenvalue weighted by Crippen LogP contribution is 2.34. The highest BCUT2D eigenvalue weighted by atomic mass is 32.2. The van der Waals surface area contributed by atoms with E-state index in [1.165, 1.54) is 11.8 Å². The Morgan fingerprint density at radius 1 is 1.07 bits per heavy atom. The molecule has 0 bridgehead atoms. The van der Waals surface area contributed by atoms with E-state index in [0.29, 0.717) is 28.0 Å². The molecule has 7 nitrogen and oxygen atoms in total. The van der Waals surface area contributed by atoms with Crippen molar-refractivity contribution in [2.75, 3.05) is 12.5 Å². The van der Waals surface area contributed by atoms with Crippen LogP contribution in [0, 0.1) is 6.92 Å². The first kappa shape index (κ1) is 18.5. The van der Waals surface area contributed by atoms with Crippen LogP contribution >= 0.6 is 11.8 Å². The average Bonchev–Trinajstić information content (AvgIpc) is 3.51. The van der Waals surface area contributed by atoms with Crippen LogP contribution in [-0.2, 0) is 0 Å². The largest absolute Gasteiger partial charge is 0.469 e. The third-order valence-corrected chi connectivity index (χ3v) is 5.70. The second-order valence-electron chi connectivity index (χ2n) is 6.65. The minimum absolute atomic E-state index is 0.0260. The van der Waals surface area contributed by atoms with Crippen molar-refractivity contribution in [2.24, 2.45) is 0 Å². The lowest BCUT2D eigenvalue weighted by molar-refractivity contribution is 0.102. The van der Waals surface area contributed by atoms with Gasteiger partial charge in [0.25, 0.3) is 0 Å². The van der Waals surface area contributed by atoms with Crippen LogP contribution in [0.5, 0.6) is 11.5 Å². The molecular weight excluding hydrogens is 402 g/mol. The average molecular weight is 419 g/mol. The van der Waals surface area contributed by atoms with Crippen molar-refractivity contribution >= 4 is 17.5 Å². The molecule has 0 atom stereocenters. The summed E-state index contributed by atoms with van der Waals surface area (Å²) in [6.45, 7) is 2.06. The number of ketones is 1. The first-order valence-corrected chi connectivity index (χ1v) is 10.3. The van der Waals surface area contributed by atoms with E-state index in [4.69, 9.17) is 13.9 Å². The van der Waals surface area contributed by atoms with E-state index >= 15 is 0 Å². The Bertz CT molecular complexity index is 1220. The number of aryl methyl sites for hydroxylation is 1. The van der Waals surface area contributed by atoms with Crippen LogP contribution in [0.15, 0.2) is 70.4 Å². The zero-order chi connectivity index (χ0) is 20.5. The van der Waals surface area contributed by atoms with E-state index in [9.17, 15) is 4.79 Å². The lowest BCUT2D eigenvalue weighted by Crippen LogP contribution is -2.05. The molecule has 0 fully saturated rings. The molecule has 0 radical (unpaired) electrons. The van der Waals surface area contributed by atoms with Gasteiger partial charge in [0, 0.05) is 11.3 Å². The van der Waals surface area contributed by atoms with Gasteiger partial charge in [0.1, 0.15) is 5.76 Å². The summed E-state index contributed by atoms with van der Waals surface area (Å²) >= 11 is 1.34. The molecule has 30 heavy (non-hydrogen) atoms. The topological polar surface area (TPSA) is 79.4 Å². The van der Waals surface area contributed by atoms with Crippen molar-refractivity contribution in [3.8, 4) is 28.6 Å². The molecule has 1 aliphatic rings. The van der Waals surface area contributed by atoms with Crippen LogP contribution in [0.25, 0.3) is 17.1 Å². The molecule has 4 aromatic rings. The molecule has 0 amide bonds. The Balaban J connectivity index is 1.44. The van der Waals surface area contributed by atoms with Crippen LogP contribution in [0.2, 0.25) is 0 Å². The normalized spacial score (nSPS) is 12.3. The molecule has 0 aliphatic carbocycles. The van der Waals surface area contributed by atoms with Gasteiger partial charge in [-0.1, -0.05) is 30.0 Å². The number of thioether (sulfide) groups is 1. The molecule has 2 aromatic heterocycles. The predicted octanol–water partition coefficient (Wildman–Crippen LogP) is 4.54. The number of aromatic nitrogens is 3. The van der Waals surface area contributed by atoms with E-state index in [-0.39, 0.29) is 18.3 Å². The van der Waals surface area contributed by atoms with Crippen molar-refractivity contribution in [1.82, 2.24) is 14.8 Å². The van der Waals surface area contributed by atoms with Gasteiger partial charge in [-0.3, -0.25) is 9.36 Å². The predicted molar refractivity (Wildman–Crippen MR) is 111 cm³/mol. The number of benzene rings is 2. The van der Waals surface area contributed by atoms with Gasteiger partial charge in [-0.25, -0.2) is 0 Å². The number of rotatable bonds is 6. The number of para-hydroxylation sites is 1. The highest BCUT2D eigenvalue weighted by Gasteiger charge is 2.21. The van der Waals surface area contributed by atoms with Crippen molar-refractivity contribution in [1.29, 1.82) is 0 Å². The summed E-state index contributed by atoms with van der Waals surface area (Å²) in [5.74, 6) is 2.87. The van der Waals surface area contributed by atoms with E-state index < -0.39 is 0 Å². The highest BCUT2D eigenvalue weighted by molar-refractivity contribution is 7.99. The zero-order valence-electron chi connectivity index (χ0n) is 16.1. The second kappa shape index (κ2) is 7.72. The summed E-state index contributed by atoms with van der Waals surface area (Å²) in [6.07, 6.45) is 1.63. The number of carbonyl (C=O) groups excluding carboxylic acids is 1. The number of ether oxygens (including phenoxy) is 2. The SMILES string of the molecule is Cc1occc1-c1nnc(SCC(=O)c2ccc3c(c2)OCO3)n1-c1ccccc1. The van der Waals surface area contributed by atoms with Gasteiger partial charge in [0.2, 0.25) is 6.79 Å². The van der Waals surface area contributed by atoms with E-state index in [1.807, 2.05) is 47.9 Å². The number of Topliss-reactive ketones (excluding diaryl/α,β-unsaturated/α-hetero) is 1. The smallest absolute Gasteiger partial charge is 0.231 e. The maximum absolute atomic E-state index is 12.8. The minimum atomic E-state index is -0.0260. The standard InChI is InChI=1S/C22H17N3O4S/c1-14-17(9-10-27-14)21-23-24-22(25(21)16-5-3-2-4-6-16)30-12-18(26)15-7-8-19-20(11-15)29-13-28-19/h2-11H,12-13H2,1H3. The van der Waals surface area contributed by atoms with Gasteiger partial charge < -0.3 is 13.9 Å². The number of nitrogens with zero attached hydrogens (tertiary/aromatic N) is 3. The molecule has 3 heterocycles. The molecule has 5 rings (SSSR count). The number of fused-ring (bicyclic) bond motifs is 1. The lowest BCUT2D eigenvalue weighted by Gasteiger charge is -2.09. The molecule has 2 aromatic carbocycles. The van der Waals surface area contributed by atoms with Gasteiger partial charge in [-0.2, -0.15) is 0 Å². The van der Waals surface area contributed by atoms with Crippen molar-refractivity contribution in [2.45, 2.75) is 12.1 Å². The molecule has 1 aliphatic heterocycles. The Morgan fingerprint density at radius 3 is 2.70 bits per heavy atom. The Morgan fingerprint density at radius 2 is 1.90 bits per heavy atom. The van der Waals surface area contributed by atoms with E-state index in [2.05, 4.69) is 10.2 Å². The Labute approximate surface area is 176 Å².